The fraction of sp³-hybridized carbons (Fsp3) is 0.467. The van der Waals surface area contributed by atoms with E-state index in [2.05, 4.69) is 52.8 Å². The lowest BCUT2D eigenvalue weighted by Crippen LogP contribution is -2.55. The van der Waals surface area contributed by atoms with Crippen LogP contribution in [0, 0.1) is 0 Å². The van der Waals surface area contributed by atoms with Crippen molar-refractivity contribution in [3.05, 3.63) is 60.4 Å². The van der Waals surface area contributed by atoms with Gasteiger partial charge in [0.05, 0.1) is 18.8 Å². The summed E-state index contributed by atoms with van der Waals surface area (Å²) in [6, 6.07) is 13.9. The zero-order chi connectivity index (χ0) is 28.7. The van der Waals surface area contributed by atoms with Crippen molar-refractivity contribution in [1.82, 2.24) is 30.1 Å². The normalized spacial score (nSPS) is 20.8. The summed E-state index contributed by atoms with van der Waals surface area (Å²) >= 11 is 0. The largest absolute Gasteiger partial charge is 0.395 e. The number of piperazine rings is 1. The van der Waals surface area contributed by atoms with Gasteiger partial charge in [-0.05, 0) is 42.3 Å². The second kappa shape index (κ2) is 16.5. The van der Waals surface area contributed by atoms with Gasteiger partial charge in [-0.15, -0.1) is 0 Å². The maximum Gasteiger partial charge on any atom is 0.234 e. The van der Waals surface area contributed by atoms with Crippen molar-refractivity contribution < 1.29 is 9.90 Å². The van der Waals surface area contributed by atoms with Gasteiger partial charge in [0, 0.05) is 69.0 Å². The van der Waals surface area contributed by atoms with Crippen LogP contribution in [0.5, 0.6) is 0 Å². The molecule has 7 heterocycles. The fourth-order valence-electron chi connectivity index (χ4n) is 4.61. The first-order valence-electron chi connectivity index (χ1n) is 14.4. The highest BCUT2D eigenvalue weighted by Gasteiger charge is 2.27. The Labute approximate surface area is 238 Å². The average molecular weight is 549 g/mol. The number of carbonyl (C=O) groups excluding carboxylic acids is 1. The molecule has 40 heavy (non-hydrogen) atoms. The standard InChI is InChI=1S/C26H32N8O2.2C2H6/c35-18-22-16-33-11-12-34(22)15-19-3-1-4-21(13-19)31-26-29-10-7-23(32-26)20-5-6-24(30-14-20)27-8-2-9-28-25(36)17-33;2*1-2/h1,3-7,10,13-14,22,35H,2,8-9,11-12,15-18H2,(H,27,30)(H,28,36)(H,29,31,32);2*1-2H3. The number of pyridine rings is 1. The van der Waals surface area contributed by atoms with Crippen LogP contribution < -0.4 is 16.0 Å². The van der Waals surface area contributed by atoms with Crippen LogP contribution in [-0.2, 0) is 11.3 Å². The second-order valence-electron chi connectivity index (χ2n) is 9.20. The molecule has 216 valence electrons. The highest BCUT2D eigenvalue weighted by molar-refractivity contribution is 5.78. The lowest BCUT2D eigenvalue weighted by atomic mass is 10.1. The SMILES string of the molecule is CC.CC.O=C1CN2CCN(Cc3cccc(c3)Nc3nccc(n3)-c3ccc(nc3)NCCCN1)C(CO)C2. The number of anilines is 3. The number of aliphatic hydroxyl groups excluding tert-OH is 1. The predicted octanol–water partition coefficient (Wildman–Crippen LogP) is 3.74. The minimum Gasteiger partial charge on any atom is -0.395 e. The van der Waals surface area contributed by atoms with Crippen LogP contribution >= 0.6 is 0 Å². The van der Waals surface area contributed by atoms with Gasteiger partial charge in [0.1, 0.15) is 5.82 Å². The Morgan fingerprint density at radius 2 is 1.80 bits per heavy atom. The third-order valence-electron chi connectivity index (χ3n) is 6.53. The Bertz CT molecular complexity index is 1170. The van der Waals surface area contributed by atoms with Gasteiger partial charge in [0.25, 0.3) is 0 Å². The van der Waals surface area contributed by atoms with E-state index in [1.54, 1.807) is 12.4 Å². The van der Waals surface area contributed by atoms with Crippen LogP contribution in [0.15, 0.2) is 54.9 Å². The number of rotatable bonds is 1. The Morgan fingerprint density at radius 1 is 0.975 bits per heavy atom. The topological polar surface area (TPSA) is 119 Å². The average Bonchev–Trinajstić information content (AvgIpc) is 3.00. The first-order chi connectivity index (χ1) is 19.7. The van der Waals surface area contributed by atoms with Gasteiger partial charge >= 0.3 is 0 Å². The number of nitrogens with zero attached hydrogens (tertiary/aromatic N) is 5. The third kappa shape index (κ3) is 8.97. The van der Waals surface area contributed by atoms with Crippen molar-refractivity contribution in [2.24, 2.45) is 0 Å². The summed E-state index contributed by atoms with van der Waals surface area (Å²) in [4.78, 5) is 30.4. The molecule has 3 aromatic rings. The molecule has 3 atom stereocenters. The molecule has 1 amide bonds. The van der Waals surface area contributed by atoms with E-state index in [1.165, 1.54) is 0 Å². The maximum absolute atomic E-state index is 12.5. The number of carbonyl (C=O) groups is 1. The number of amides is 1. The molecule has 3 unspecified atom stereocenters. The molecule has 0 saturated carbocycles. The summed E-state index contributed by atoms with van der Waals surface area (Å²) < 4.78 is 0. The molecule has 1 saturated heterocycles. The van der Waals surface area contributed by atoms with E-state index in [9.17, 15) is 9.90 Å². The molecule has 0 radical (unpaired) electrons. The van der Waals surface area contributed by atoms with Crippen molar-refractivity contribution in [2.75, 3.05) is 56.5 Å². The van der Waals surface area contributed by atoms with Gasteiger partial charge < -0.3 is 21.1 Å². The molecule has 10 heteroatoms. The summed E-state index contributed by atoms with van der Waals surface area (Å²) in [6.07, 6.45) is 4.33. The predicted molar refractivity (Wildman–Crippen MR) is 162 cm³/mol. The van der Waals surface area contributed by atoms with Gasteiger partial charge in [-0.2, -0.15) is 0 Å². The lowest BCUT2D eigenvalue weighted by molar-refractivity contribution is -0.123. The van der Waals surface area contributed by atoms with Crippen LogP contribution in [-0.4, -0.2) is 87.7 Å². The number of hydrogen-bond acceptors (Lipinski definition) is 9. The third-order valence-corrected chi connectivity index (χ3v) is 6.53. The van der Waals surface area contributed by atoms with Crippen molar-refractivity contribution in [3.63, 3.8) is 0 Å². The number of nitrogens with one attached hydrogen (secondary N) is 3. The van der Waals surface area contributed by atoms with E-state index >= 15 is 0 Å². The van der Waals surface area contributed by atoms with Crippen LogP contribution in [0.25, 0.3) is 11.3 Å². The Kier molecular flexibility index (Phi) is 12.8. The van der Waals surface area contributed by atoms with Crippen LogP contribution in [0.2, 0.25) is 0 Å². The van der Waals surface area contributed by atoms with E-state index in [0.29, 0.717) is 38.7 Å². The van der Waals surface area contributed by atoms with Gasteiger partial charge in [-0.3, -0.25) is 14.6 Å². The highest BCUT2D eigenvalue weighted by Crippen LogP contribution is 2.22. The fourth-order valence-corrected chi connectivity index (χ4v) is 4.61. The molecule has 8 rings (SSSR count). The Hall–Kier alpha value is -3.60. The van der Waals surface area contributed by atoms with E-state index < -0.39 is 0 Å². The van der Waals surface area contributed by atoms with E-state index in [-0.39, 0.29) is 18.6 Å². The molecule has 5 aliphatic heterocycles. The van der Waals surface area contributed by atoms with E-state index in [1.807, 2.05) is 58.0 Å². The second-order valence-corrected chi connectivity index (χ2v) is 9.20. The molecule has 10 nitrogen and oxygen atoms in total. The van der Waals surface area contributed by atoms with Crippen molar-refractivity contribution >= 4 is 23.4 Å². The van der Waals surface area contributed by atoms with E-state index in [4.69, 9.17) is 0 Å². The smallest absolute Gasteiger partial charge is 0.234 e. The monoisotopic (exact) mass is 548 g/mol. The Morgan fingerprint density at radius 3 is 2.58 bits per heavy atom. The molecule has 2 aromatic heterocycles. The molecule has 1 fully saturated rings. The van der Waals surface area contributed by atoms with Gasteiger partial charge in [0.2, 0.25) is 11.9 Å². The highest BCUT2D eigenvalue weighted by atomic mass is 16.3. The molecular weight excluding hydrogens is 504 g/mol. The molecular formula is C30H44N8O2. The van der Waals surface area contributed by atoms with Gasteiger partial charge in [0.15, 0.2) is 0 Å². The Balaban J connectivity index is 0.00000106. The zero-order valence-electron chi connectivity index (χ0n) is 24.2. The summed E-state index contributed by atoms with van der Waals surface area (Å²) in [7, 11) is 0. The minimum atomic E-state index is -0.0222. The van der Waals surface area contributed by atoms with Gasteiger partial charge in [-0.1, -0.05) is 39.8 Å². The lowest BCUT2D eigenvalue weighted by Gasteiger charge is -2.40. The van der Waals surface area contributed by atoms with Crippen molar-refractivity contribution in [2.45, 2.75) is 46.7 Å². The maximum atomic E-state index is 12.5. The molecule has 5 aliphatic rings. The molecule has 1 aromatic carbocycles. The van der Waals surface area contributed by atoms with Crippen LogP contribution in [0.3, 0.4) is 0 Å². The number of benzene rings is 1. The number of aliphatic hydroxyl groups is 1. The minimum absolute atomic E-state index is 0.0163. The first kappa shape index (κ1) is 30.9. The summed E-state index contributed by atoms with van der Waals surface area (Å²) in [5.41, 5.74) is 3.72. The summed E-state index contributed by atoms with van der Waals surface area (Å²) in [5, 5.41) is 19.7. The van der Waals surface area contributed by atoms with Crippen LogP contribution in [0.1, 0.15) is 39.7 Å². The number of aromatic nitrogens is 3. The van der Waals surface area contributed by atoms with Crippen LogP contribution in [0.4, 0.5) is 17.5 Å². The summed E-state index contributed by atoms with van der Waals surface area (Å²) in [6.45, 7) is 12.6. The van der Waals surface area contributed by atoms with Crippen molar-refractivity contribution in [1.29, 1.82) is 0 Å². The van der Waals surface area contributed by atoms with E-state index in [0.717, 1.165) is 47.8 Å². The van der Waals surface area contributed by atoms with Gasteiger partial charge in [-0.25, -0.2) is 15.0 Å². The molecule has 0 spiro atoms. The molecule has 0 aliphatic carbocycles. The quantitative estimate of drug-likeness (QED) is 0.361. The summed E-state index contributed by atoms with van der Waals surface area (Å²) in [5.74, 6) is 1.31. The molecule has 4 N–H and O–H groups in total. The number of hydrogen-bond donors (Lipinski definition) is 4. The zero-order valence-corrected chi connectivity index (χ0v) is 24.2. The molecule has 8 bridgehead atoms. The van der Waals surface area contributed by atoms with Crippen molar-refractivity contribution in [3.8, 4) is 11.3 Å². The first-order valence-corrected chi connectivity index (χ1v) is 14.4.